The third-order valence-corrected chi connectivity index (χ3v) is 5.03. The fourth-order valence-electron chi connectivity index (χ4n) is 3.54. The average Bonchev–Trinajstić information content (AvgIpc) is 3.43. The van der Waals surface area contributed by atoms with Crippen LogP contribution in [0.2, 0.25) is 0 Å². The van der Waals surface area contributed by atoms with Gasteiger partial charge in [0.15, 0.2) is 5.82 Å². The zero-order chi connectivity index (χ0) is 18.6. The molecule has 0 spiro atoms. The molecule has 2 heterocycles. The third kappa shape index (κ3) is 3.92. The standard InChI is InChI=1S/C20H23N5O2/c1-25-12-11-21-18(25)15-7-4-8-16(13-15)19(26)22-10-9-17-23-20(27-24-17)14-5-2-3-6-14/h4,7-8,11-14H,2-3,5-6,9-10H2,1H3,(H,22,26). The second kappa shape index (κ2) is 7.73. The maximum Gasteiger partial charge on any atom is 0.251 e. The highest BCUT2D eigenvalue weighted by molar-refractivity contribution is 5.95. The number of aromatic nitrogens is 4. The molecule has 0 bridgehead atoms. The highest BCUT2D eigenvalue weighted by Gasteiger charge is 2.22. The first-order valence-corrected chi connectivity index (χ1v) is 9.39. The summed E-state index contributed by atoms with van der Waals surface area (Å²) in [5.41, 5.74) is 1.52. The van der Waals surface area contributed by atoms with E-state index in [-0.39, 0.29) is 5.91 Å². The van der Waals surface area contributed by atoms with Gasteiger partial charge in [-0.15, -0.1) is 0 Å². The van der Waals surface area contributed by atoms with Crippen LogP contribution in [0.4, 0.5) is 0 Å². The molecular weight excluding hydrogens is 342 g/mol. The number of hydrogen-bond acceptors (Lipinski definition) is 5. The highest BCUT2D eigenvalue weighted by atomic mass is 16.5. The van der Waals surface area contributed by atoms with Crippen LogP contribution >= 0.6 is 0 Å². The predicted octanol–water partition coefficient (Wildman–Crippen LogP) is 3.10. The number of rotatable bonds is 6. The quantitative estimate of drug-likeness (QED) is 0.725. The Bertz CT molecular complexity index is 924. The molecule has 27 heavy (non-hydrogen) atoms. The average molecular weight is 365 g/mol. The van der Waals surface area contributed by atoms with E-state index in [4.69, 9.17) is 4.52 Å². The summed E-state index contributed by atoms with van der Waals surface area (Å²) in [6.07, 6.45) is 8.90. The van der Waals surface area contributed by atoms with Crippen molar-refractivity contribution >= 4 is 5.91 Å². The molecule has 1 aliphatic rings. The van der Waals surface area contributed by atoms with Gasteiger partial charge in [0, 0.05) is 49.5 Å². The third-order valence-electron chi connectivity index (χ3n) is 5.03. The monoisotopic (exact) mass is 365 g/mol. The Morgan fingerprint density at radius 1 is 1.33 bits per heavy atom. The number of aryl methyl sites for hydroxylation is 1. The van der Waals surface area contributed by atoms with E-state index in [2.05, 4.69) is 20.4 Å². The molecule has 3 aromatic rings. The van der Waals surface area contributed by atoms with Crippen molar-refractivity contribution in [3.63, 3.8) is 0 Å². The van der Waals surface area contributed by atoms with Gasteiger partial charge in [-0.3, -0.25) is 4.79 Å². The topological polar surface area (TPSA) is 85.8 Å². The maximum atomic E-state index is 12.5. The van der Waals surface area contributed by atoms with Crippen LogP contribution in [0, 0.1) is 0 Å². The minimum atomic E-state index is -0.120. The van der Waals surface area contributed by atoms with Crippen LogP contribution in [0.1, 0.15) is 53.7 Å². The molecule has 1 N–H and O–H groups in total. The number of amides is 1. The Morgan fingerprint density at radius 2 is 2.19 bits per heavy atom. The summed E-state index contributed by atoms with van der Waals surface area (Å²) in [4.78, 5) is 21.3. The summed E-state index contributed by atoms with van der Waals surface area (Å²) in [6.45, 7) is 0.467. The summed E-state index contributed by atoms with van der Waals surface area (Å²) in [5.74, 6) is 2.52. The normalized spacial score (nSPS) is 14.6. The Kier molecular flexibility index (Phi) is 5.00. The summed E-state index contributed by atoms with van der Waals surface area (Å²) in [6, 6.07) is 7.47. The Morgan fingerprint density at radius 3 is 2.96 bits per heavy atom. The van der Waals surface area contributed by atoms with Gasteiger partial charge < -0.3 is 14.4 Å². The molecule has 1 aromatic carbocycles. The Hall–Kier alpha value is -2.96. The SMILES string of the molecule is Cn1ccnc1-c1cccc(C(=O)NCCc2noc(C3CCCC3)n2)c1. The van der Waals surface area contributed by atoms with Crippen molar-refractivity contribution in [2.75, 3.05) is 6.54 Å². The van der Waals surface area contributed by atoms with E-state index in [1.807, 2.05) is 36.0 Å². The number of imidazole rings is 1. The molecule has 1 saturated carbocycles. The first-order chi connectivity index (χ1) is 13.2. The molecule has 1 fully saturated rings. The smallest absolute Gasteiger partial charge is 0.251 e. The number of hydrogen-bond donors (Lipinski definition) is 1. The van der Waals surface area contributed by atoms with Crippen LogP contribution in [0.5, 0.6) is 0 Å². The first kappa shape index (κ1) is 17.5. The van der Waals surface area contributed by atoms with E-state index in [9.17, 15) is 4.79 Å². The molecule has 0 atom stereocenters. The molecular formula is C20H23N5O2. The van der Waals surface area contributed by atoms with Gasteiger partial charge in [0.05, 0.1) is 0 Å². The van der Waals surface area contributed by atoms with Gasteiger partial charge in [-0.25, -0.2) is 4.98 Å². The van der Waals surface area contributed by atoms with Crippen molar-refractivity contribution in [1.82, 2.24) is 25.0 Å². The van der Waals surface area contributed by atoms with E-state index in [0.29, 0.717) is 30.3 Å². The van der Waals surface area contributed by atoms with Gasteiger partial charge in [-0.05, 0) is 25.0 Å². The second-order valence-corrected chi connectivity index (χ2v) is 6.98. The van der Waals surface area contributed by atoms with E-state index < -0.39 is 0 Å². The zero-order valence-electron chi connectivity index (χ0n) is 15.4. The predicted molar refractivity (Wildman–Crippen MR) is 100 cm³/mol. The summed E-state index contributed by atoms with van der Waals surface area (Å²) in [5, 5.41) is 6.97. The molecule has 0 aliphatic heterocycles. The van der Waals surface area contributed by atoms with Crippen molar-refractivity contribution in [1.29, 1.82) is 0 Å². The summed E-state index contributed by atoms with van der Waals surface area (Å²) >= 11 is 0. The van der Waals surface area contributed by atoms with Crippen LogP contribution in [0.3, 0.4) is 0 Å². The summed E-state index contributed by atoms with van der Waals surface area (Å²) in [7, 11) is 1.93. The van der Waals surface area contributed by atoms with Crippen molar-refractivity contribution in [3.05, 3.63) is 53.9 Å². The van der Waals surface area contributed by atoms with Crippen molar-refractivity contribution in [3.8, 4) is 11.4 Å². The van der Waals surface area contributed by atoms with E-state index in [1.54, 1.807) is 12.3 Å². The summed E-state index contributed by atoms with van der Waals surface area (Å²) < 4.78 is 7.30. The minimum absolute atomic E-state index is 0.120. The molecule has 1 amide bonds. The Balaban J connectivity index is 1.34. The van der Waals surface area contributed by atoms with Crippen LogP contribution in [0.15, 0.2) is 41.2 Å². The second-order valence-electron chi connectivity index (χ2n) is 6.98. The van der Waals surface area contributed by atoms with Gasteiger partial charge in [0.1, 0.15) is 5.82 Å². The minimum Gasteiger partial charge on any atom is -0.352 e. The zero-order valence-corrected chi connectivity index (χ0v) is 15.4. The maximum absolute atomic E-state index is 12.5. The molecule has 7 nitrogen and oxygen atoms in total. The number of nitrogens with zero attached hydrogens (tertiary/aromatic N) is 4. The van der Waals surface area contributed by atoms with Gasteiger partial charge in [0.2, 0.25) is 5.89 Å². The van der Waals surface area contributed by atoms with E-state index in [0.717, 1.165) is 30.1 Å². The van der Waals surface area contributed by atoms with Crippen LogP contribution in [-0.4, -0.2) is 32.1 Å². The molecule has 140 valence electrons. The van der Waals surface area contributed by atoms with Crippen LogP contribution in [0.25, 0.3) is 11.4 Å². The van der Waals surface area contributed by atoms with Gasteiger partial charge in [-0.2, -0.15) is 4.98 Å². The van der Waals surface area contributed by atoms with Gasteiger partial charge in [-0.1, -0.05) is 30.1 Å². The molecule has 0 unspecified atom stereocenters. The van der Waals surface area contributed by atoms with Crippen molar-refractivity contribution in [2.45, 2.75) is 38.0 Å². The lowest BCUT2D eigenvalue weighted by Crippen LogP contribution is -2.26. The fraction of sp³-hybridized carbons (Fsp3) is 0.400. The molecule has 2 aromatic heterocycles. The molecule has 4 rings (SSSR count). The number of carbonyl (C=O) groups excluding carboxylic acids is 1. The van der Waals surface area contributed by atoms with Crippen LogP contribution < -0.4 is 5.32 Å². The number of nitrogens with one attached hydrogen (secondary N) is 1. The molecule has 0 radical (unpaired) electrons. The van der Waals surface area contributed by atoms with E-state index in [1.165, 1.54) is 12.8 Å². The van der Waals surface area contributed by atoms with Gasteiger partial charge in [0.25, 0.3) is 5.91 Å². The van der Waals surface area contributed by atoms with Gasteiger partial charge >= 0.3 is 0 Å². The lowest BCUT2D eigenvalue weighted by atomic mass is 10.1. The fourth-order valence-corrected chi connectivity index (χ4v) is 3.54. The number of carbonyl (C=O) groups is 1. The van der Waals surface area contributed by atoms with E-state index >= 15 is 0 Å². The molecule has 0 saturated heterocycles. The molecule has 1 aliphatic carbocycles. The number of benzene rings is 1. The first-order valence-electron chi connectivity index (χ1n) is 9.39. The molecule has 7 heteroatoms. The largest absolute Gasteiger partial charge is 0.352 e. The van der Waals surface area contributed by atoms with Crippen molar-refractivity contribution < 1.29 is 9.32 Å². The lowest BCUT2D eigenvalue weighted by Gasteiger charge is -2.06. The Labute approximate surface area is 157 Å². The highest BCUT2D eigenvalue weighted by Crippen LogP contribution is 2.32. The van der Waals surface area contributed by atoms with Crippen molar-refractivity contribution in [2.24, 2.45) is 7.05 Å². The van der Waals surface area contributed by atoms with Crippen LogP contribution in [-0.2, 0) is 13.5 Å². The lowest BCUT2D eigenvalue weighted by molar-refractivity contribution is 0.0954.